The van der Waals surface area contributed by atoms with Crippen LogP contribution in [0.25, 0.3) is 17.2 Å². The first kappa shape index (κ1) is 17.0. The van der Waals surface area contributed by atoms with Crippen molar-refractivity contribution < 1.29 is 0 Å². The second kappa shape index (κ2) is 5.62. The van der Waals surface area contributed by atoms with Crippen molar-refractivity contribution in [3.63, 3.8) is 0 Å². The topological polar surface area (TPSA) is 0 Å². The highest BCUT2D eigenvalue weighted by atomic mass is 14.3. The average molecular weight is 319 g/mol. The fourth-order valence-electron chi connectivity index (χ4n) is 3.66. The molecule has 1 aliphatic carbocycles. The number of hydrogen-bond donors (Lipinski definition) is 0. The third-order valence-electron chi connectivity index (χ3n) is 5.22. The zero-order valence-electron chi connectivity index (χ0n) is 16.2. The van der Waals surface area contributed by atoms with E-state index < -0.39 is 0 Å². The van der Waals surface area contributed by atoms with Crippen LogP contribution in [0.4, 0.5) is 0 Å². The van der Waals surface area contributed by atoms with Gasteiger partial charge in [-0.2, -0.15) is 0 Å². The van der Waals surface area contributed by atoms with Crippen molar-refractivity contribution in [2.24, 2.45) is 5.41 Å². The molecule has 2 aromatic carbocycles. The van der Waals surface area contributed by atoms with Crippen molar-refractivity contribution in [2.75, 3.05) is 0 Å². The van der Waals surface area contributed by atoms with Gasteiger partial charge in [-0.1, -0.05) is 89.6 Å². The lowest BCUT2D eigenvalue weighted by Crippen LogP contribution is -2.14. The Kier molecular flexibility index (Phi) is 3.98. The molecule has 1 aliphatic rings. The summed E-state index contributed by atoms with van der Waals surface area (Å²) >= 11 is 0. The molecule has 0 amide bonds. The maximum atomic E-state index is 2.46. The molecule has 0 heteroatoms. The Labute approximate surface area is 147 Å². The summed E-state index contributed by atoms with van der Waals surface area (Å²) in [5.41, 5.74) is 10.4. The minimum atomic E-state index is 0.130. The summed E-state index contributed by atoms with van der Waals surface area (Å²) in [5.74, 6) is 0. The lowest BCUT2D eigenvalue weighted by molar-refractivity contribution is 0.498. The molecule has 2 aromatic rings. The first-order valence-electron chi connectivity index (χ1n) is 9.02. The summed E-state index contributed by atoms with van der Waals surface area (Å²) in [6.07, 6.45) is 3.55. The number of rotatable bonds is 1. The van der Waals surface area contributed by atoms with Crippen LogP contribution in [0.3, 0.4) is 0 Å². The molecule has 0 aliphatic heterocycles. The monoisotopic (exact) mass is 318 g/mol. The van der Waals surface area contributed by atoms with Crippen molar-refractivity contribution in [1.82, 2.24) is 0 Å². The highest BCUT2D eigenvalue weighted by Crippen LogP contribution is 2.45. The van der Waals surface area contributed by atoms with Crippen LogP contribution in [0.1, 0.15) is 63.8 Å². The molecule has 0 nitrogen and oxygen atoms in total. The highest BCUT2D eigenvalue weighted by Gasteiger charge is 2.28. The second-order valence-corrected chi connectivity index (χ2v) is 9.22. The van der Waals surface area contributed by atoms with E-state index in [1.807, 2.05) is 0 Å². The molecule has 0 heterocycles. The number of aryl methyl sites for hydroxylation is 1. The summed E-state index contributed by atoms with van der Waals surface area (Å²) in [4.78, 5) is 0. The van der Waals surface area contributed by atoms with Gasteiger partial charge in [0.2, 0.25) is 0 Å². The van der Waals surface area contributed by atoms with Crippen LogP contribution in [0.15, 0.2) is 42.0 Å². The van der Waals surface area contributed by atoms with Crippen LogP contribution in [0.5, 0.6) is 0 Å². The molecule has 126 valence electrons. The fourth-order valence-corrected chi connectivity index (χ4v) is 3.66. The van der Waals surface area contributed by atoms with Gasteiger partial charge in [0.25, 0.3) is 0 Å². The molecule has 0 N–H and O–H groups in total. The van der Waals surface area contributed by atoms with E-state index in [0.29, 0.717) is 0 Å². The van der Waals surface area contributed by atoms with E-state index in [1.165, 1.54) is 33.4 Å². The maximum Gasteiger partial charge on any atom is -0.00523 e. The van der Waals surface area contributed by atoms with Gasteiger partial charge in [0.05, 0.1) is 0 Å². The van der Waals surface area contributed by atoms with Gasteiger partial charge in [0.15, 0.2) is 0 Å². The van der Waals surface area contributed by atoms with Crippen molar-refractivity contribution in [1.29, 1.82) is 0 Å². The molecule has 0 bridgehead atoms. The first-order valence-corrected chi connectivity index (χ1v) is 9.02. The van der Waals surface area contributed by atoms with Gasteiger partial charge in [0.1, 0.15) is 0 Å². The van der Waals surface area contributed by atoms with Gasteiger partial charge in [-0.3, -0.25) is 0 Å². The molecule has 0 unspecified atom stereocenters. The van der Waals surface area contributed by atoms with E-state index in [-0.39, 0.29) is 10.8 Å². The van der Waals surface area contributed by atoms with E-state index in [1.54, 1.807) is 5.57 Å². The van der Waals surface area contributed by atoms with E-state index in [2.05, 4.69) is 90.9 Å². The van der Waals surface area contributed by atoms with Crippen LogP contribution < -0.4 is 0 Å². The molecule has 0 aromatic heterocycles. The Morgan fingerprint density at radius 2 is 1.46 bits per heavy atom. The quantitative estimate of drug-likeness (QED) is 0.534. The summed E-state index contributed by atoms with van der Waals surface area (Å²) in [5, 5.41) is 0. The van der Waals surface area contributed by atoms with Crippen molar-refractivity contribution in [2.45, 2.75) is 60.3 Å². The van der Waals surface area contributed by atoms with Gasteiger partial charge in [-0.15, -0.1) is 0 Å². The molecule has 0 spiro atoms. The molecule has 24 heavy (non-hydrogen) atoms. The van der Waals surface area contributed by atoms with Gasteiger partial charge in [-0.05, 0) is 57.6 Å². The van der Waals surface area contributed by atoms with Crippen LogP contribution in [0, 0.1) is 12.3 Å². The SMILES string of the molecule is Cc1ccccc1-c1c(C(C)(C)C)ccc2c1C=C(C(C)(C)C)C2. The Hall–Kier alpha value is -1.82. The van der Waals surface area contributed by atoms with Crippen LogP contribution in [-0.2, 0) is 11.8 Å². The Morgan fingerprint density at radius 3 is 2.04 bits per heavy atom. The van der Waals surface area contributed by atoms with Gasteiger partial charge in [0, 0.05) is 0 Å². The largest absolute Gasteiger partial charge is 0.0620 e. The zero-order valence-corrected chi connectivity index (χ0v) is 16.2. The summed E-state index contributed by atoms with van der Waals surface area (Å²) in [6.45, 7) is 16.2. The van der Waals surface area contributed by atoms with E-state index in [0.717, 1.165) is 6.42 Å². The Balaban J connectivity index is 2.32. The van der Waals surface area contributed by atoms with Crippen molar-refractivity contribution in [3.05, 3.63) is 64.2 Å². The molecular formula is C24H30. The lowest BCUT2D eigenvalue weighted by atomic mass is 9.78. The van der Waals surface area contributed by atoms with Gasteiger partial charge in [-0.25, -0.2) is 0 Å². The van der Waals surface area contributed by atoms with Crippen molar-refractivity contribution in [3.8, 4) is 11.1 Å². The predicted molar refractivity (Wildman–Crippen MR) is 106 cm³/mol. The smallest absolute Gasteiger partial charge is 0.00523 e. The summed E-state index contributed by atoms with van der Waals surface area (Å²) in [6, 6.07) is 13.5. The van der Waals surface area contributed by atoms with E-state index in [9.17, 15) is 0 Å². The molecule has 0 radical (unpaired) electrons. The minimum absolute atomic E-state index is 0.130. The molecular weight excluding hydrogens is 288 g/mol. The Bertz CT molecular complexity index is 805. The number of hydrogen-bond acceptors (Lipinski definition) is 0. The van der Waals surface area contributed by atoms with Gasteiger partial charge >= 0.3 is 0 Å². The van der Waals surface area contributed by atoms with Gasteiger partial charge < -0.3 is 0 Å². The first-order chi connectivity index (χ1) is 11.1. The zero-order chi connectivity index (χ0) is 17.7. The van der Waals surface area contributed by atoms with E-state index >= 15 is 0 Å². The standard InChI is InChI=1S/C24H30/c1-16-10-8-9-11-19(16)22-20-15-18(23(2,3)4)14-17(20)12-13-21(22)24(5,6)7/h8-13,15H,14H2,1-7H3. The number of benzene rings is 2. The minimum Gasteiger partial charge on any atom is -0.0620 e. The highest BCUT2D eigenvalue weighted by molar-refractivity contribution is 5.85. The molecule has 0 fully saturated rings. The van der Waals surface area contributed by atoms with Crippen molar-refractivity contribution >= 4 is 6.08 Å². The molecule has 0 saturated carbocycles. The second-order valence-electron chi connectivity index (χ2n) is 9.22. The molecule has 0 atom stereocenters. The molecule has 0 saturated heterocycles. The summed E-state index contributed by atoms with van der Waals surface area (Å²) < 4.78 is 0. The van der Waals surface area contributed by atoms with E-state index in [4.69, 9.17) is 0 Å². The third kappa shape index (κ3) is 2.95. The molecule has 3 rings (SSSR count). The summed E-state index contributed by atoms with van der Waals surface area (Å²) in [7, 11) is 0. The predicted octanol–water partition coefficient (Wildman–Crippen LogP) is 6.95. The fraction of sp³-hybridized carbons (Fsp3) is 0.417. The number of allylic oxidation sites excluding steroid dienone is 1. The normalized spacial score (nSPS) is 14.5. The lowest BCUT2D eigenvalue weighted by Gasteiger charge is -2.26. The van der Waals surface area contributed by atoms with Crippen LogP contribution in [0.2, 0.25) is 0 Å². The van der Waals surface area contributed by atoms with Crippen LogP contribution in [-0.4, -0.2) is 0 Å². The average Bonchev–Trinajstić information content (AvgIpc) is 2.90. The third-order valence-corrected chi connectivity index (χ3v) is 5.22. The number of fused-ring (bicyclic) bond motifs is 1. The maximum absolute atomic E-state index is 2.46. The Morgan fingerprint density at radius 1 is 0.792 bits per heavy atom. The van der Waals surface area contributed by atoms with Crippen LogP contribution >= 0.6 is 0 Å².